The lowest BCUT2D eigenvalue weighted by molar-refractivity contribution is -0.148. The van der Waals surface area contributed by atoms with Crippen LogP contribution >= 0.6 is 68.0 Å². The Kier molecular flexibility index (Phi) is 20.6. The van der Waals surface area contributed by atoms with E-state index in [-0.39, 0.29) is 79.1 Å². The lowest BCUT2D eigenvalue weighted by Crippen LogP contribution is -2.42. The van der Waals surface area contributed by atoms with Crippen LogP contribution in [0.5, 0.6) is 0 Å². The van der Waals surface area contributed by atoms with Gasteiger partial charge in [-0.25, -0.2) is 39.7 Å². The lowest BCUT2D eigenvalue weighted by Gasteiger charge is -2.33. The van der Waals surface area contributed by atoms with E-state index >= 15 is 0 Å². The van der Waals surface area contributed by atoms with Crippen LogP contribution in [0, 0.1) is 18.8 Å². The zero-order chi connectivity index (χ0) is 63.9. The number of amides is 6. The number of carboxylic acid groups (broad SMARTS) is 2. The highest BCUT2D eigenvalue weighted by molar-refractivity contribution is 7.15. The highest BCUT2D eigenvalue weighted by atomic mass is 32.1. The number of pyridine rings is 1. The number of unbranched alkanes of at least 4 members (excludes halogenated alkanes) is 1. The maximum atomic E-state index is 14.4. The Morgan fingerprint density at radius 2 is 1.42 bits per heavy atom. The number of benzene rings is 1. The Labute approximate surface area is 537 Å². The van der Waals surface area contributed by atoms with Crippen LogP contribution in [0.4, 0.5) is 10.6 Å². The van der Waals surface area contributed by atoms with Crippen molar-refractivity contribution in [2.75, 3.05) is 32.1 Å². The lowest BCUT2D eigenvalue weighted by atomic mass is 9.82. The molecule has 8 aromatic rings. The molecule has 1 saturated carbocycles. The molecule has 10 rings (SSSR count). The number of carboxylic acids is 2. The molecule has 90 heavy (non-hydrogen) atoms. The van der Waals surface area contributed by atoms with Gasteiger partial charge in [-0.2, -0.15) is 0 Å². The van der Waals surface area contributed by atoms with Gasteiger partial charge in [-0.1, -0.05) is 44.2 Å². The van der Waals surface area contributed by atoms with Crippen molar-refractivity contribution in [3.05, 3.63) is 111 Å². The second-order valence-electron chi connectivity index (χ2n) is 21.2. The molecular formula is C58H59N13O13S6. The SMILES string of the molecule is CNC(=O)C[C@@H]1NC(=O)c2csc(n2)-c2ccc(-c3nc(N(CCCCC(=O)O)C(=O)O[C@H]4C[C@H](C(=O)O)C4)cs3)nc2-c2csc(n2)-c2csc(n2)[C@H]([C@@H](O)c2ccccc2)NC(=O)CNC(=O)c2nc(sc2COC)[C@H](C(C)C)NC(=O)c2nc1sc2C. The molecule has 8 N–H and O–H groups in total. The normalized spacial score (nSPS) is 18.3. The monoisotopic (exact) mass is 1340 g/mol. The molecule has 1 aromatic carbocycles. The number of hydrogen-bond donors (Lipinski definition) is 8. The first-order valence-electron chi connectivity index (χ1n) is 28.1. The second-order valence-corrected chi connectivity index (χ2v) is 27.0. The van der Waals surface area contributed by atoms with Crippen molar-refractivity contribution >= 4 is 121 Å². The van der Waals surface area contributed by atoms with Gasteiger partial charge in [-0.05, 0) is 56.2 Å². The van der Waals surface area contributed by atoms with Gasteiger partial charge in [-0.3, -0.25) is 38.5 Å². The van der Waals surface area contributed by atoms with Crippen LogP contribution in [0.15, 0.2) is 64.0 Å². The van der Waals surface area contributed by atoms with Crippen molar-refractivity contribution in [1.82, 2.24) is 61.5 Å². The zero-order valence-corrected chi connectivity index (χ0v) is 53.6. The molecule has 470 valence electrons. The van der Waals surface area contributed by atoms with Crippen molar-refractivity contribution in [3.8, 4) is 43.4 Å². The molecule has 0 radical (unpaired) electrons. The van der Waals surface area contributed by atoms with Crippen LogP contribution in [-0.2, 0) is 35.3 Å². The van der Waals surface area contributed by atoms with Crippen LogP contribution in [-0.4, -0.2) is 131 Å². The number of ether oxygens (including phenoxy) is 2. The average molecular weight is 1340 g/mol. The summed E-state index contributed by atoms with van der Waals surface area (Å²) in [7, 11) is 2.91. The molecule has 26 nitrogen and oxygen atoms in total. The molecule has 0 spiro atoms. The molecule has 1 fully saturated rings. The van der Waals surface area contributed by atoms with Gasteiger partial charge in [0.05, 0.1) is 48.1 Å². The first-order valence-corrected chi connectivity index (χ1v) is 33.3. The number of hydrogen-bond acceptors (Lipinski definition) is 24. The Hall–Kier alpha value is -8.37. The highest BCUT2D eigenvalue weighted by Crippen LogP contribution is 2.41. The average Bonchev–Trinajstić information content (AvgIpc) is 1.76. The van der Waals surface area contributed by atoms with E-state index in [0.717, 1.165) is 45.3 Å². The number of thiazole rings is 6. The predicted molar refractivity (Wildman–Crippen MR) is 336 cm³/mol. The van der Waals surface area contributed by atoms with Crippen LogP contribution in [0.3, 0.4) is 0 Å². The Morgan fingerprint density at radius 3 is 2.16 bits per heavy atom. The smallest absolute Gasteiger partial charge is 0.415 e. The van der Waals surface area contributed by atoms with E-state index in [1.165, 1.54) is 41.7 Å². The largest absolute Gasteiger partial charge is 0.481 e. The zero-order valence-electron chi connectivity index (χ0n) is 48.7. The summed E-state index contributed by atoms with van der Waals surface area (Å²) in [6.07, 6.45) is -2.22. The second kappa shape index (κ2) is 28.6. The number of aliphatic carboxylic acids is 2. The molecule has 7 aromatic heterocycles. The molecule has 6 amide bonds. The number of carbonyl (C=O) groups is 8. The summed E-state index contributed by atoms with van der Waals surface area (Å²) in [6.45, 7) is 4.93. The van der Waals surface area contributed by atoms with Crippen molar-refractivity contribution < 1.29 is 63.1 Å². The van der Waals surface area contributed by atoms with E-state index in [9.17, 15) is 53.7 Å². The van der Waals surface area contributed by atoms with Crippen LogP contribution < -0.4 is 31.5 Å². The first-order chi connectivity index (χ1) is 43.2. The molecule has 8 heterocycles. The van der Waals surface area contributed by atoms with Gasteiger partial charge in [0.15, 0.2) is 0 Å². The molecule has 32 heteroatoms. The third kappa shape index (κ3) is 14.9. The Morgan fingerprint density at radius 1 is 0.711 bits per heavy atom. The van der Waals surface area contributed by atoms with E-state index in [2.05, 4.69) is 36.6 Å². The highest BCUT2D eigenvalue weighted by Gasteiger charge is 2.39. The van der Waals surface area contributed by atoms with Crippen molar-refractivity contribution in [3.63, 3.8) is 0 Å². The number of carbonyl (C=O) groups excluding carboxylic acids is 6. The number of aliphatic hydroxyl groups is 1. The number of aromatic nitrogens is 7. The molecular weight excluding hydrogens is 1280 g/mol. The number of anilines is 1. The summed E-state index contributed by atoms with van der Waals surface area (Å²) >= 11 is 6.97. The fourth-order valence-corrected chi connectivity index (χ4v) is 15.2. The molecule has 1 aliphatic heterocycles. The molecule has 10 bridgehead atoms. The number of aliphatic hydroxyl groups excluding tert-OH is 1. The van der Waals surface area contributed by atoms with Gasteiger partial charge in [0.2, 0.25) is 11.8 Å². The number of rotatable bonds is 16. The van der Waals surface area contributed by atoms with E-state index < -0.39 is 90.4 Å². The summed E-state index contributed by atoms with van der Waals surface area (Å²) < 4.78 is 11.2. The summed E-state index contributed by atoms with van der Waals surface area (Å²) in [5, 5.41) is 53.5. The van der Waals surface area contributed by atoms with Gasteiger partial charge in [-0.15, -0.1) is 68.0 Å². The van der Waals surface area contributed by atoms with Crippen molar-refractivity contribution in [2.24, 2.45) is 11.8 Å². The Bertz CT molecular complexity index is 3980. The van der Waals surface area contributed by atoms with Gasteiger partial charge in [0, 0.05) is 59.1 Å². The minimum absolute atomic E-state index is 0.0140. The Balaban J connectivity index is 1.04. The minimum atomic E-state index is -1.31. The predicted octanol–water partition coefficient (Wildman–Crippen LogP) is 8.37. The van der Waals surface area contributed by atoms with E-state index in [0.29, 0.717) is 75.1 Å². The fourth-order valence-electron chi connectivity index (χ4n) is 9.61. The van der Waals surface area contributed by atoms with Crippen LogP contribution in [0.2, 0.25) is 0 Å². The molecule has 1 aliphatic carbocycles. The van der Waals surface area contributed by atoms with Crippen LogP contribution in [0.1, 0.15) is 138 Å². The number of aryl methyl sites for hydroxylation is 1. The third-order valence-electron chi connectivity index (χ3n) is 14.5. The number of methoxy groups -OCH3 is 1. The quantitative estimate of drug-likeness (QED) is 0.0421. The topological polar surface area (TPSA) is 369 Å². The molecule has 4 atom stereocenters. The summed E-state index contributed by atoms with van der Waals surface area (Å²) in [5.41, 5.74) is 2.31. The van der Waals surface area contributed by atoms with E-state index in [4.69, 9.17) is 34.4 Å². The number of nitrogens with one attached hydrogen (secondary N) is 5. The van der Waals surface area contributed by atoms with Crippen molar-refractivity contribution in [2.45, 2.75) is 96.2 Å². The van der Waals surface area contributed by atoms with Gasteiger partial charge in [0.1, 0.15) is 88.3 Å². The molecule has 2 aliphatic rings. The standard InChI is InChI=1S/C58H59N13O13S6/c1-26(2)42-56-70-45(37(90-56)21-83-5)49(78)60-20-40(73)67-46(47(76)28-11-7-6-8-12-28)55-65-36(24-87-55)53-63-34(22-86-53)44-31(51-64-35(23-85-51)48(77)62-33(19-39(72)59-4)54-69-43(27(3)89-54)50(79)68-42)14-15-32(61-44)52-66-38(25-88-52)71(16-10-9-13-41(74)75)58(82)84-30-17-29(18-30)57(80)81/h6-8,11-12,14-15,22-26,29-30,33,42,46-47,76H,9-10,13,16-21H2,1-5H3,(H,59,72)(H,60,78)(H,62,77)(H,67,73)(H,68,79)(H,74,75)(H,80,81)/t29-,30-,33-,42-,46-,47-/m0/s1. The van der Waals surface area contributed by atoms with Gasteiger partial charge in [0.25, 0.3) is 17.7 Å². The van der Waals surface area contributed by atoms with Crippen LogP contribution in [0.25, 0.3) is 43.4 Å². The van der Waals surface area contributed by atoms with Gasteiger partial charge < -0.3 is 51.4 Å². The maximum absolute atomic E-state index is 14.4. The third-order valence-corrected chi connectivity index (χ3v) is 20.2. The van der Waals surface area contributed by atoms with E-state index in [1.807, 2.05) is 13.8 Å². The van der Waals surface area contributed by atoms with Crippen molar-refractivity contribution in [1.29, 1.82) is 0 Å². The van der Waals surface area contributed by atoms with Gasteiger partial charge >= 0.3 is 18.0 Å². The summed E-state index contributed by atoms with van der Waals surface area (Å²) in [6, 6.07) is 9.23. The molecule has 0 unspecified atom stereocenters. The summed E-state index contributed by atoms with van der Waals surface area (Å²) in [5.74, 6) is -5.69. The molecule has 0 saturated heterocycles. The maximum Gasteiger partial charge on any atom is 0.415 e. The summed E-state index contributed by atoms with van der Waals surface area (Å²) in [4.78, 5) is 143. The number of fused-ring (bicyclic) bond motifs is 14. The minimum Gasteiger partial charge on any atom is -0.481 e. The fraction of sp³-hybridized carbons (Fsp3) is 0.362. The first kappa shape index (κ1) is 64.6. The van der Waals surface area contributed by atoms with E-state index in [1.54, 1.807) is 70.9 Å². The number of nitrogens with zero attached hydrogens (tertiary/aromatic N) is 8.